The Hall–Kier alpha value is -1.72. The molecule has 0 N–H and O–H groups in total. The summed E-state index contributed by atoms with van der Waals surface area (Å²) in [6, 6.07) is 0. The second-order valence-corrected chi connectivity index (χ2v) is 7.12. The number of rotatable bonds is 11. The summed E-state index contributed by atoms with van der Waals surface area (Å²) < 4.78 is 225. The van der Waals surface area contributed by atoms with Crippen LogP contribution in [0.25, 0.3) is 0 Å². The number of ether oxygens (including phenoxy) is 1. The molecular weight excluding hydrogens is 535 g/mol. The van der Waals surface area contributed by atoms with E-state index in [9.17, 15) is 79.4 Å². The van der Waals surface area contributed by atoms with E-state index in [1.165, 1.54) is 0 Å². The average molecular weight is 548 g/mol. The van der Waals surface area contributed by atoms with Gasteiger partial charge in [-0.05, 0) is 13.3 Å². The molecule has 0 aromatic heterocycles. The van der Waals surface area contributed by atoms with Crippen molar-refractivity contribution in [2.24, 2.45) is 5.41 Å². The van der Waals surface area contributed by atoms with E-state index in [0.29, 0.717) is 6.92 Å². The summed E-state index contributed by atoms with van der Waals surface area (Å²) in [6.45, 7) is -2.44. The zero-order valence-electron chi connectivity index (χ0n) is 16.4. The number of alkyl halides is 17. The molecular formula is C15H13F17O2. The normalized spacial score (nSPS) is 17.1. The molecule has 19 heteroatoms. The van der Waals surface area contributed by atoms with Gasteiger partial charge < -0.3 is 4.74 Å². The SMILES string of the molecule is CCC(C)(C(=O)OCC(F)(F)C(F)(F)CC(F)(F)C(F)(F)C(F)(F)C(F)(F)C(F)F)C(F)(F)F. The molecule has 0 heterocycles. The van der Waals surface area contributed by atoms with E-state index in [4.69, 9.17) is 0 Å². The summed E-state index contributed by atoms with van der Waals surface area (Å²) in [5.74, 6) is -45.5. The van der Waals surface area contributed by atoms with Crippen LogP contribution in [0.3, 0.4) is 0 Å². The van der Waals surface area contributed by atoms with E-state index in [1.54, 1.807) is 0 Å². The van der Waals surface area contributed by atoms with Gasteiger partial charge in [0.2, 0.25) is 0 Å². The number of halogens is 17. The van der Waals surface area contributed by atoms with Gasteiger partial charge in [-0.25, -0.2) is 8.78 Å². The van der Waals surface area contributed by atoms with Gasteiger partial charge in [0.1, 0.15) is 0 Å². The van der Waals surface area contributed by atoms with Crippen LogP contribution >= 0.6 is 0 Å². The van der Waals surface area contributed by atoms with Gasteiger partial charge in [-0.15, -0.1) is 0 Å². The van der Waals surface area contributed by atoms with Gasteiger partial charge in [0.15, 0.2) is 12.0 Å². The fourth-order valence-electron chi connectivity index (χ4n) is 1.98. The van der Waals surface area contributed by atoms with Crippen molar-refractivity contribution in [3.05, 3.63) is 0 Å². The highest BCUT2D eigenvalue weighted by atomic mass is 19.4. The average Bonchev–Trinajstić information content (AvgIpc) is 2.62. The topological polar surface area (TPSA) is 26.3 Å². The molecule has 0 saturated carbocycles. The molecule has 2 nitrogen and oxygen atoms in total. The summed E-state index contributed by atoms with van der Waals surface area (Å²) >= 11 is 0. The number of esters is 1. The lowest BCUT2D eigenvalue weighted by Crippen LogP contribution is -2.65. The molecule has 0 radical (unpaired) electrons. The predicted octanol–water partition coefficient (Wildman–Crippen LogP) is 6.98. The van der Waals surface area contributed by atoms with Crippen LogP contribution in [-0.2, 0) is 9.53 Å². The second-order valence-electron chi connectivity index (χ2n) is 7.12. The molecule has 0 aliphatic rings. The third kappa shape index (κ3) is 5.26. The van der Waals surface area contributed by atoms with Crippen molar-refractivity contribution < 1.29 is 84.2 Å². The van der Waals surface area contributed by atoms with Crippen molar-refractivity contribution in [3.8, 4) is 0 Å². The van der Waals surface area contributed by atoms with Gasteiger partial charge >= 0.3 is 54.1 Å². The molecule has 1 atom stereocenters. The van der Waals surface area contributed by atoms with E-state index in [-0.39, 0.29) is 6.92 Å². The Bertz CT molecular complexity index is 727. The minimum Gasteiger partial charge on any atom is -0.458 e. The van der Waals surface area contributed by atoms with Crippen LogP contribution < -0.4 is 0 Å². The third-order valence-corrected chi connectivity index (χ3v) is 4.69. The largest absolute Gasteiger partial charge is 0.458 e. The smallest absolute Gasteiger partial charge is 0.404 e. The van der Waals surface area contributed by atoms with Crippen LogP contribution in [0.15, 0.2) is 0 Å². The summed E-state index contributed by atoms with van der Waals surface area (Å²) in [6.07, 6.45) is -16.8. The molecule has 0 rings (SSSR count). The molecule has 0 aliphatic carbocycles. The van der Waals surface area contributed by atoms with Crippen LogP contribution in [0.1, 0.15) is 26.7 Å². The van der Waals surface area contributed by atoms with Crippen LogP contribution in [0.2, 0.25) is 0 Å². The number of hydrogen-bond acceptors (Lipinski definition) is 2. The molecule has 0 amide bonds. The number of hydrogen-bond donors (Lipinski definition) is 0. The van der Waals surface area contributed by atoms with Crippen molar-refractivity contribution >= 4 is 5.97 Å². The van der Waals surface area contributed by atoms with Crippen molar-refractivity contribution in [1.29, 1.82) is 0 Å². The van der Waals surface area contributed by atoms with Crippen LogP contribution in [0.5, 0.6) is 0 Å². The van der Waals surface area contributed by atoms with Gasteiger partial charge in [-0.1, -0.05) is 6.92 Å². The highest BCUT2D eigenvalue weighted by molar-refractivity contribution is 5.77. The first-order valence-electron chi connectivity index (χ1n) is 8.38. The maximum absolute atomic E-state index is 13.6. The fourth-order valence-corrected chi connectivity index (χ4v) is 1.98. The van der Waals surface area contributed by atoms with E-state index in [1.807, 2.05) is 0 Å². The summed E-state index contributed by atoms with van der Waals surface area (Å²) in [5.41, 5.74) is -3.59. The first kappa shape index (κ1) is 32.3. The molecule has 0 bridgehead atoms. The zero-order valence-corrected chi connectivity index (χ0v) is 16.4. The molecule has 0 aliphatic heterocycles. The monoisotopic (exact) mass is 548 g/mol. The van der Waals surface area contributed by atoms with Gasteiger partial charge in [-0.2, -0.15) is 65.9 Å². The van der Waals surface area contributed by atoms with Crippen LogP contribution in [0.4, 0.5) is 74.6 Å². The van der Waals surface area contributed by atoms with E-state index >= 15 is 0 Å². The van der Waals surface area contributed by atoms with Crippen LogP contribution in [-0.4, -0.2) is 60.7 Å². The summed E-state index contributed by atoms with van der Waals surface area (Å²) in [7, 11) is 0. The van der Waals surface area contributed by atoms with E-state index in [0.717, 1.165) is 0 Å². The lowest BCUT2D eigenvalue weighted by molar-refractivity contribution is -0.393. The van der Waals surface area contributed by atoms with Crippen molar-refractivity contribution in [2.45, 2.75) is 74.8 Å². The van der Waals surface area contributed by atoms with Crippen molar-refractivity contribution in [3.63, 3.8) is 0 Å². The zero-order chi connectivity index (χ0) is 28.0. The fraction of sp³-hybridized carbons (Fsp3) is 0.933. The molecule has 0 aromatic carbocycles. The molecule has 0 saturated heterocycles. The quantitative estimate of drug-likeness (QED) is 0.206. The highest BCUT2D eigenvalue weighted by Crippen LogP contribution is 2.57. The Morgan fingerprint density at radius 2 is 1.12 bits per heavy atom. The standard InChI is InChI=1S/C15H13F17O2/c1-3-8(2,15(30,31)32)7(33)34-5-11(22,23)9(18,19)4-10(20,21)13(26,27)14(28,29)12(24,25)6(16)17/h6H,3-5H2,1-2H3. The molecule has 0 spiro atoms. The Labute approximate surface area is 178 Å². The molecule has 0 aromatic rings. The summed E-state index contributed by atoms with van der Waals surface area (Å²) in [4.78, 5) is 11.4. The maximum Gasteiger partial charge on any atom is 0.404 e. The Morgan fingerprint density at radius 1 is 0.706 bits per heavy atom. The maximum atomic E-state index is 13.6. The molecule has 0 fully saturated rings. The van der Waals surface area contributed by atoms with Crippen molar-refractivity contribution in [1.82, 2.24) is 0 Å². The number of carbonyl (C=O) groups is 1. The molecule has 1 unspecified atom stereocenters. The second kappa shape index (κ2) is 9.05. The van der Waals surface area contributed by atoms with Crippen LogP contribution in [0, 0.1) is 5.41 Å². The minimum absolute atomic E-state index is 0.0611. The Morgan fingerprint density at radius 3 is 1.44 bits per heavy atom. The van der Waals surface area contributed by atoms with Gasteiger partial charge in [0.25, 0.3) is 0 Å². The minimum atomic E-state index is -7.77. The van der Waals surface area contributed by atoms with E-state index in [2.05, 4.69) is 4.74 Å². The predicted molar refractivity (Wildman–Crippen MR) is 75.7 cm³/mol. The van der Waals surface area contributed by atoms with Gasteiger partial charge in [-0.3, -0.25) is 4.79 Å². The molecule has 204 valence electrons. The molecule has 34 heavy (non-hydrogen) atoms. The van der Waals surface area contributed by atoms with Crippen molar-refractivity contribution in [2.75, 3.05) is 6.61 Å². The third-order valence-electron chi connectivity index (χ3n) is 4.69. The Balaban J connectivity index is 5.94. The van der Waals surface area contributed by atoms with Gasteiger partial charge in [0.05, 0.1) is 6.42 Å². The number of carbonyl (C=O) groups excluding carboxylic acids is 1. The first-order chi connectivity index (χ1) is 14.6. The lowest BCUT2D eigenvalue weighted by Gasteiger charge is -2.38. The van der Waals surface area contributed by atoms with Gasteiger partial charge in [0, 0.05) is 0 Å². The highest BCUT2D eigenvalue weighted by Gasteiger charge is 2.84. The van der Waals surface area contributed by atoms with E-state index < -0.39 is 79.0 Å². The lowest BCUT2D eigenvalue weighted by atomic mass is 9.87. The summed E-state index contributed by atoms with van der Waals surface area (Å²) in [5, 5.41) is 0. The Kier molecular flexibility index (Phi) is 8.60. The first-order valence-corrected chi connectivity index (χ1v) is 8.38.